The lowest BCUT2D eigenvalue weighted by Crippen LogP contribution is -2.27. The zero-order valence-electron chi connectivity index (χ0n) is 10.6. The lowest BCUT2D eigenvalue weighted by Gasteiger charge is -2.23. The van der Waals surface area contributed by atoms with Gasteiger partial charge in [0.1, 0.15) is 23.3 Å². The summed E-state index contributed by atoms with van der Waals surface area (Å²) >= 11 is 0. The minimum absolute atomic E-state index is 0.0909. The van der Waals surface area contributed by atoms with Crippen LogP contribution in [0.2, 0.25) is 0 Å². The normalized spacial score (nSPS) is 18.1. The first-order chi connectivity index (χ1) is 9.60. The molecule has 2 heterocycles. The van der Waals surface area contributed by atoms with Gasteiger partial charge in [0.2, 0.25) is 0 Å². The summed E-state index contributed by atoms with van der Waals surface area (Å²) < 4.78 is 42.3. The van der Waals surface area contributed by atoms with Gasteiger partial charge in [0.25, 0.3) is 0 Å². The van der Waals surface area contributed by atoms with Crippen molar-refractivity contribution in [1.29, 1.82) is 0 Å². The Morgan fingerprint density at radius 3 is 2.55 bits per heavy atom. The Kier molecular flexibility index (Phi) is 3.21. The maximum Gasteiger partial charge on any atom is 0.169 e. The SMILES string of the molecule is NCC1CCc2nnc(-c3c(F)cc(F)cc3F)n2C1. The van der Waals surface area contributed by atoms with Gasteiger partial charge in [-0.25, -0.2) is 13.2 Å². The molecule has 0 aliphatic carbocycles. The zero-order chi connectivity index (χ0) is 14.3. The van der Waals surface area contributed by atoms with E-state index in [0.29, 0.717) is 37.5 Å². The third-order valence-corrected chi connectivity index (χ3v) is 3.61. The van der Waals surface area contributed by atoms with Crippen LogP contribution in [0.5, 0.6) is 0 Å². The van der Waals surface area contributed by atoms with Crippen LogP contribution >= 0.6 is 0 Å². The van der Waals surface area contributed by atoms with Gasteiger partial charge < -0.3 is 10.3 Å². The number of rotatable bonds is 2. The molecule has 20 heavy (non-hydrogen) atoms. The van der Waals surface area contributed by atoms with Gasteiger partial charge in [0.15, 0.2) is 5.82 Å². The number of nitrogens with zero attached hydrogens (tertiary/aromatic N) is 3. The molecule has 0 spiro atoms. The standard InChI is InChI=1S/C13H13F3N4/c14-8-3-9(15)12(10(16)4-8)13-19-18-11-2-1-7(5-17)6-20(11)13/h3-4,7H,1-2,5-6,17H2. The zero-order valence-corrected chi connectivity index (χ0v) is 10.6. The monoisotopic (exact) mass is 282 g/mol. The molecule has 0 amide bonds. The quantitative estimate of drug-likeness (QED) is 0.915. The van der Waals surface area contributed by atoms with Gasteiger partial charge in [-0.1, -0.05) is 0 Å². The third-order valence-electron chi connectivity index (χ3n) is 3.61. The topological polar surface area (TPSA) is 56.7 Å². The number of fused-ring (bicyclic) bond motifs is 1. The van der Waals surface area contributed by atoms with E-state index in [9.17, 15) is 13.2 Å². The minimum atomic E-state index is -0.979. The molecule has 4 nitrogen and oxygen atoms in total. The van der Waals surface area contributed by atoms with Crippen LogP contribution < -0.4 is 5.73 Å². The summed E-state index contributed by atoms with van der Waals surface area (Å²) in [6.45, 7) is 1.01. The summed E-state index contributed by atoms with van der Waals surface area (Å²) in [7, 11) is 0. The van der Waals surface area contributed by atoms with Crippen molar-refractivity contribution in [1.82, 2.24) is 14.8 Å². The van der Waals surface area contributed by atoms with Crippen LogP contribution in [0.25, 0.3) is 11.4 Å². The predicted octanol–water partition coefficient (Wildman–Crippen LogP) is 1.88. The number of aromatic nitrogens is 3. The smallest absolute Gasteiger partial charge is 0.169 e. The summed E-state index contributed by atoms with van der Waals surface area (Å²) in [5, 5.41) is 7.81. The fourth-order valence-corrected chi connectivity index (χ4v) is 2.53. The van der Waals surface area contributed by atoms with Crippen molar-refractivity contribution < 1.29 is 13.2 Å². The Bertz CT molecular complexity index is 630. The van der Waals surface area contributed by atoms with Crippen molar-refractivity contribution in [3.05, 3.63) is 35.4 Å². The van der Waals surface area contributed by atoms with Gasteiger partial charge in [-0.05, 0) is 18.9 Å². The van der Waals surface area contributed by atoms with E-state index >= 15 is 0 Å². The van der Waals surface area contributed by atoms with Gasteiger partial charge in [0.05, 0.1) is 5.56 Å². The second-order valence-corrected chi connectivity index (χ2v) is 4.94. The van der Waals surface area contributed by atoms with Crippen molar-refractivity contribution in [2.45, 2.75) is 19.4 Å². The second kappa shape index (κ2) is 4.90. The van der Waals surface area contributed by atoms with E-state index in [2.05, 4.69) is 10.2 Å². The number of halogens is 3. The fraction of sp³-hybridized carbons (Fsp3) is 0.385. The van der Waals surface area contributed by atoms with Crippen LogP contribution in [-0.4, -0.2) is 21.3 Å². The highest BCUT2D eigenvalue weighted by Gasteiger charge is 2.26. The van der Waals surface area contributed by atoms with Crippen molar-refractivity contribution in [3.63, 3.8) is 0 Å². The molecular weight excluding hydrogens is 269 g/mol. The molecular formula is C13H13F3N4. The Labute approximate surface area is 113 Å². The summed E-state index contributed by atoms with van der Waals surface area (Å²) in [6.07, 6.45) is 1.54. The molecule has 106 valence electrons. The first kappa shape index (κ1) is 13.1. The van der Waals surface area contributed by atoms with E-state index in [0.717, 1.165) is 6.42 Å². The Hall–Kier alpha value is -1.89. The highest BCUT2D eigenvalue weighted by Crippen LogP contribution is 2.29. The molecule has 0 bridgehead atoms. The van der Waals surface area contributed by atoms with Crippen LogP contribution in [0, 0.1) is 23.4 Å². The molecule has 7 heteroatoms. The lowest BCUT2D eigenvalue weighted by atomic mass is 9.99. The van der Waals surface area contributed by atoms with E-state index in [-0.39, 0.29) is 17.3 Å². The number of hydrogen-bond donors (Lipinski definition) is 1. The Morgan fingerprint density at radius 2 is 1.90 bits per heavy atom. The van der Waals surface area contributed by atoms with Crippen LogP contribution in [0.4, 0.5) is 13.2 Å². The van der Waals surface area contributed by atoms with E-state index < -0.39 is 17.5 Å². The molecule has 1 aromatic heterocycles. The summed E-state index contributed by atoms with van der Waals surface area (Å²) in [6, 6.07) is 1.28. The fourth-order valence-electron chi connectivity index (χ4n) is 2.53. The first-order valence-electron chi connectivity index (χ1n) is 6.37. The second-order valence-electron chi connectivity index (χ2n) is 4.94. The van der Waals surface area contributed by atoms with Gasteiger partial charge >= 0.3 is 0 Å². The molecule has 2 aromatic rings. The molecule has 1 atom stereocenters. The summed E-state index contributed by atoms with van der Waals surface area (Å²) in [4.78, 5) is 0. The summed E-state index contributed by atoms with van der Waals surface area (Å²) in [5.41, 5.74) is 5.30. The van der Waals surface area contributed by atoms with Crippen molar-refractivity contribution >= 4 is 0 Å². The highest BCUT2D eigenvalue weighted by atomic mass is 19.1. The maximum atomic E-state index is 13.8. The minimum Gasteiger partial charge on any atom is -0.330 e. The van der Waals surface area contributed by atoms with Crippen LogP contribution in [0.3, 0.4) is 0 Å². The highest BCUT2D eigenvalue weighted by molar-refractivity contribution is 5.57. The molecule has 2 N–H and O–H groups in total. The van der Waals surface area contributed by atoms with E-state index in [1.165, 1.54) is 0 Å². The number of benzene rings is 1. The van der Waals surface area contributed by atoms with Crippen molar-refractivity contribution in [2.24, 2.45) is 11.7 Å². The average molecular weight is 282 g/mol. The average Bonchev–Trinajstić information content (AvgIpc) is 2.80. The summed E-state index contributed by atoms with van der Waals surface area (Å²) in [5.74, 6) is -1.92. The lowest BCUT2D eigenvalue weighted by molar-refractivity contribution is 0.375. The van der Waals surface area contributed by atoms with Crippen molar-refractivity contribution in [2.75, 3.05) is 6.54 Å². The molecule has 1 aliphatic heterocycles. The Balaban J connectivity index is 2.11. The van der Waals surface area contributed by atoms with Gasteiger partial charge in [0, 0.05) is 25.1 Å². The van der Waals surface area contributed by atoms with Crippen LogP contribution in [0.15, 0.2) is 12.1 Å². The maximum absolute atomic E-state index is 13.8. The van der Waals surface area contributed by atoms with E-state index in [1.54, 1.807) is 4.57 Å². The van der Waals surface area contributed by atoms with E-state index in [4.69, 9.17) is 5.73 Å². The van der Waals surface area contributed by atoms with Gasteiger partial charge in [-0.3, -0.25) is 0 Å². The van der Waals surface area contributed by atoms with Crippen molar-refractivity contribution in [3.8, 4) is 11.4 Å². The van der Waals surface area contributed by atoms with Gasteiger partial charge in [-0.15, -0.1) is 10.2 Å². The number of hydrogen-bond acceptors (Lipinski definition) is 3. The molecule has 1 aromatic carbocycles. The molecule has 0 saturated carbocycles. The Morgan fingerprint density at radius 1 is 1.20 bits per heavy atom. The third kappa shape index (κ3) is 2.07. The molecule has 0 radical (unpaired) electrons. The molecule has 1 aliphatic rings. The number of aryl methyl sites for hydroxylation is 1. The molecule has 0 saturated heterocycles. The van der Waals surface area contributed by atoms with Crippen LogP contribution in [0.1, 0.15) is 12.2 Å². The van der Waals surface area contributed by atoms with E-state index in [1.807, 2.05) is 0 Å². The largest absolute Gasteiger partial charge is 0.330 e. The van der Waals surface area contributed by atoms with Crippen LogP contribution in [-0.2, 0) is 13.0 Å². The van der Waals surface area contributed by atoms with Gasteiger partial charge in [-0.2, -0.15) is 0 Å². The first-order valence-corrected chi connectivity index (χ1v) is 6.37. The molecule has 1 unspecified atom stereocenters. The molecule has 3 rings (SSSR count). The molecule has 0 fully saturated rings. The number of nitrogens with two attached hydrogens (primary N) is 1. The predicted molar refractivity (Wildman–Crippen MR) is 66.2 cm³/mol.